The molecule has 0 fully saturated rings. The van der Waals surface area contributed by atoms with Gasteiger partial charge in [-0.3, -0.25) is 4.79 Å². The van der Waals surface area contributed by atoms with E-state index in [-0.39, 0.29) is 5.97 Å². The Bertz CT molecular complexity index is 145. The van der Waals surface area contributed by atoms with Crippen LogP contribution in [0.25, 0.3) is 0 Å². The number of ether oxygens (including phenoxy) is 1. The number of carbonyl (C=O) groups excluding carboxylic acids is 1. The number of hydrogen-bond donors (Lipinski definition) is 1. The molecule has 1 unspecified atom stereocenters. The fourth-order valence-electron chi connectivity index (χ4n) is 0.387. The van der Waals surface area contributed by atoms with Gasteiger partial charge < -0.3 is 4.74 Å². The largest absolute Gasteiger partial charge is 0.465 e. The first kappa shape index (κ1) is 9.91. The molecule has 0 amide bonds. The van der Waals surface area contributed by atoms with E-state index >= 15 is 0 Å². The highest BCUT2D eigenvalue weighted by molar-refractivity contribution is 7.87. The second kappa shape index (κ2) is 4.68. The van der Waals surface area contributed by atoms with Crippen LogP contribution in [0.4, 0.5) is 0 Å². The van der Waals surface area contributed by atoms with E-state index in [2.05, 4.69) is 17.4 Å². The molecule has 0 heterocycles. The molecule has 0 aliphatic carbocycles. The van der Waals surface area contributed by atoms with Gasteiger partial charge in [0, 0.05) is 4.86 Å². The topological polar surface area (TPSA) is 26.3 Å². The van der Waals surface area contributed by atoms with Crippen LogP contribution >= 0.6 is 24.8 Å². The Morgan fingerprint density at radius 2 is 2.30 bits per heavy atom. The maximum absolute atomic E-state index is 10.8. The summed E-state index contributed by atoms with van der Waals surface area (Å²) in [6, 6.07) is 0. The van der Waals surface area contributed by atoms with Crippen molar-refractivity contribution in [1.82, 2.24) is 0 Å². The first-order valence-electron chi connectivity index (χ1n) is 2.94. The molecule has 1 atom stereocenters. The van der Waals surface area contributed by atoms with E-state index in [0.29, 0.717) is 11.5 Å². The lowest BCUT2D eigenvalue weighted by molar-refractivity contribution is -0.141. The summed E-state index contributed by atoms with van der Waals surface area (Å²) in [6.07, 6.45) is 0. The van der Waals surface area contributed by atoms with E-state index in [4.69, 9.17) is 12.2 Å². The molecule has 0 saturated heterocycles. The van der Waals surface area contributed by atoms with Crippen LogP contribution in [-0.2, 0) is 9.53 Å². The number of carbonyl (C=O) groups is 1. The van der Waals surface area contributed by atoms with Gasteiger partial charge in [0.05, 0.1) is 6.61 Å². The maximum atomic E-state index is 10.8. The Morgan fingerprint density at radius 3 is 2.60 bits per heavy atom. The van der Waals surface area contributed by atoms with Crippen molar-refractivity contribution in [2.45, 2.75) is 19.1 Å². The van der Waals surface area contributed by atoms with Crippen LogP contribution in [0.5, 0.6) is 0 Å². The van der Waals surface area contributed by atoms with Crippen molar-refractivity contribution < 1.29 is 9.53 Å². The zero-order chi connectivity index (χ0) is 8.15. The van der Waals surface area contributed by atoms with Crippen molar-refractivity contribution in [3.8, 4) is 0 Å². The average molecular weight is 178 g/mol. The Labute approximate surface area is 71.4 Å². The molecule has 0 aromatic carbocycles. The van der Waals surface area contributed by atoms with Gasteiger partial charge in [0.25, 0.3) is 0 Å². The number of thiocarbonyl (C=S) groups is 1. The zero-order valence-electron chi connectivity index (χ0n) is 5.96. The third-order valence-corrected chi connectivity index (χ3v) is 1.90. The molecule has 58 valence electrons. The molecule has 10 heavy (non-hydrogen) atoms. The SMILES string of the molecule is CCOC(=O)C(S)C(C)=S. The quantitative estimate of drug-likeness (QED) is 0.400. The average Bonchev–Trinajstić information content (AvgIpc) is 1.87. The van der Waals surface area contributed by atoms with E-state index in [1.807, 2.05) is 0 Å². The molecule has 2 nitrogen and oxygen atoms in total. The summed E-state index contributed by atoms with van der Waals surface area (Å²) in [5, 5.41) is -0.546. The van der Waals surface area contributed by atoms with Crippen LogP contribution < -0.4 is 0 Å². The fourth-order valence-corrected chi connectivity index (χ4v) is 0.558. The van der Waals surface area contributed by atoms with Crippen molar-refractivity contribution in [3.05, 3.63) is 0 Å². The minimum Gasteiger partial charge on any atom is -0.465 e. The monoisotopic (exact) mass is 178 g/mol. The van der Waals surface area contributed by atoms with Crippen molar-refractivity contribution >= 4 is 35.7 Å². The minimum atomic E-state index is -0.546. The highest BCUT2D eigenvalue weighted by Crippen LogP contribution is 2.00. The molecule has 0 bridgehead atoms. The lowest BCUT2D eigenvalue weighted by Crippen LogP contribution is -2.23. The highest BCUT2D eigenvalue weighted by Gasteiger charge is 2.15. The first-order chi connectivity index (χ1) is 4.59. The molecule has 0 aromatic rings. The normalized spacial score (nSPS) is 12.3. The van der Waals surface area contributed by atoms with Gasteiger partial charge in [0.2, 0.25) is 0 Å². The molecule has 0 aromatic heterocycles. The van der Waals surface area contributed by atoms with E-state index in [0.717, 1.165) is 0 Å². The van der Waals surface area contributed by atoms with Gasteiger partial charge in [-0.2, -0.15) is 12.6 Å². The molecule has 0 radical (unpaired) electrons. The van der Waals surface area contributed by atoms with E-state index in [9.17, 15) is 4.79 Å². The van der Waals surface area contributed by atoms with Crippen molar-refractivity contribution in [3.63, 3.8) is 0 Å². The van der Waals surface area contributed by atoms with Gasteiger partial charge in [0.1, 0.15) is 5.25 Å². The van der Waals surface area contributed by atoms with Crippen molar-refractivity contribution in [1.29, 1.82) is 0 Å². The summed E-state index contributed by atoms with van der Waals surface area (Å²) in [4.78, 5) is 11.3. The van der Waals surface area contributed by atoms with Gasteiger partial charge in [-0.05, 0) is 13.8 Å². The molecule has 0 N–H and O–H groups in total. The molecule has 0 spiro atoms. The Kier molecular flexibility index (Phi) is 4.64. The predicted molar refractivity (Wildman–Crippen MR) is 47.7 cm³/mol. The van der Waals surface area contributed by atoms with Gasteiger partial charge in [0.15, 0.2) is 0 Å². The summed E-state index contributed by atoms with van der Waals surface area (Å²) >= 11 is 8.67. The van der Waals surface area contributed by atoms with E-state index in [1.165, 1.54) is 0 Å². The fraction of sp³-hybridized carbons (Fsp3) is 0.667. The second-order valence-electron chi connectivity index (χ2n) is 1.77. The Morgan fingerprint density at radius 1 is 1.80 bits per heavy atom. The molecular formula is C6H10O2S2. The Hall–Kier alpha value is -0.0900. The lowest BCUT2D eigenvalue weighted by atomic mass is 10.3. The van der Waals surface area contributed by atoms with Crippen LogP contribution in [0.3, 0.4) is 0 Å². The number of esters is 1. The van der Waals surface area contributed by atoms with Crippen LogP contribution in [0.15, 0.2) is 0 Å². The third kappa shape index (κ3) is 3.17. The first-order valence-corrected chi connectivity index (χ1v) is 3.87. The summed E-state index contributed by atoms with van der Waals surface area (Å²) in [6.45, 7) is 3.79. The van der Waals surface area contributed by atoms with Crippen molar-refractivity contribution in [2.24, 2.45) is 0 Å². The summed E-state index contributed by atoms with van der Waals surface area (Å²) < 4.78 is 4.66. The van der Waals surface area contributed by atoms with Crippen LogP contribution in [-0.4, -0.2) is 22.7 Å². The highest BCUT2D eigenvalue weighted by atomic mass is 32.1. The van der Waals surface area contributed by atoms with Gasteiger partial charge in [-0.15, -0.1) is 0 Å². The van der Waals surface area contributed by atoms with E-state index in [1.54, 1.807) is 13.8 Å². The predicted octanol–water partition coefficient (Wildman–Crippen LogP) is 1.24. The van der Waals surface area contributed by atoms with Gasteiger partial charge >= 0.3 is 5.97 Å². The number of rotatable bonds is 3. The van der Waals surface area contributed by atoms with E-state index < -0.39 is 5.25 Å². The zero-order valence-corrected chi connectivity index (χ0v) is 7.67. The number of hydrogen-bond acceptors (Lipinski definition) is 4. The van der Waals surface area contributed by atoms with Crippen molar-refractivity contribution in [2.75, 3.05) is 6.61 Å². The molecule has 0 saturated carbocycles. The lowest BCUT2D eigenvalue weighted by Gasteiger charge is -2.06. The van der Waals surface area contributed by atoms with Gasteiger partial charge in [-0.25, -0.2) is 0 Å². The Balaban J connectivity index is 3.82. The summed E-state index contributed by atoms with van der Waals surface area (Å²) in [7, 11) is 0. The van der Waals surface area contributed by atoms with Crippen LogP contribution in [0.2, 0.25) is 0 Å². The molecule has 0 rings (SSSR count). The summed E-state index contributed by atoms with van der Waals surface area (Å²) in [5.74, 6) is -0.363. The number of thiol groups is 1. The third-order valence-electron chi connectivity index (χ3n) is 0.895. The molecule has 0 aliphatic heterocycles. The molecular weight excluding hydrogens is 168 g/mol. The maximum Gasteiger partial charge on any atom is 0.323 e. The van der Waals surface area contributed by atoms with Gasteiger partial charge in [-0.1, -0.05) is 12.2 Å². The molecule has 0 aliphatic rings. The molecule has 4 heteroatoms. The smallest absolute Gasteiger partial charge is 0.323 e. The minimum absolute atomic E-state index is 0.363. The summed E-state index contributed by atoms with van der Waals surface area (Å²) in [5.41, 5.74) is 0. The van der Waals surface area contributed by atoms with Crippen LogP contribution in [0, 0.1) is 0 Å². The standard InChI is InChI=1S/C6H10O2S2/c1-3-8-6(7)5(10)4(2)9/h5,10H,3H2,1-2H3. The van der Waals surface area contributed by atoms with Crippen LogP contribution in [0.1, 0.15) is 13.8 Å². The second-order valence-corrected chi connectivity index (χ2v) is 2.93.